The summed E-state index contributed by atoms with van der Waals surface area (Å²) in [5, 5.41) is 6.02. The largest absolute Gasteiger partial charge is 0.497 e. The lowest BCUT2D eigenvalue weighted by Gasteiger charge is -2.31. The topological polar surface area (TPSA) is 206 Å². The molecule has 0 bridgehead atoms. The Morgan fingerprint density at radius 2 is 1.67 bits per heavy atom. The van der Waals surface area contributed by atoms with Gasteiger partial charge < -0.3 is 39.5 Å². The van der Waals surface area contributed by atoms with E-state index in [0.717, 1.165) is 5.56 Å². The summed E-state index contributed by atoms with van der Waals surface area (Å²) in [5.74, 6) is -2.65. The Labute approximate surface area is 385 Å². The quantitative estimate of drug-likeness (QED) is 0.100. The van der Waals surface area contributed by atoms with Crippen molar-refractivity contribution in [2.75, 3.05) is 47.9 Å². The van der Waals surface area contributed by atoms with Gasteiger partial charge in [0.1, 0.15) is 40.8 Å². The maximum Gasteiger partial charge on any atom is 0.408 e. The molecule has 18 heteroatoms. The van der Waals surface area contributed by atoms with E-state index in [2.05, 4.69) is 21.9 Å². The number of likely N-dealkylation sites (N-methyl/N-ethyl adjacent to an activating group) is 2. The van der Waals surface area contributed by atoms with Crippen molar-refractivity contribution in [2.45, 2.75) is 67.8 Å². The van der Waals surface area contributed by atoms with Crippen molar-refractivity contribution in [2.24, 2.45) is 5.92 Å². The van der Waals surface area contributed by atoms with Crippen LogP contribution in [0.2, 0.25) is 0 Å². The van der Waals surface area contributed by atoms with E-state index in [1.54, 1.807) is 64.3 Å². The number of methoxy groups -OCH3 is 1. The molecule has 350 valence electrons. The summed E-state index contributed by atoms with van der Waals surface area (Å²) in [5.41, 5.74) is -0.726. The van der Waals surface area contributed by atoms with E-state index in [4.69, 9.17) is 19.2 Å². The molecule has 2 heterocycles. The van der Waals surface area contributed by atoms with Crippen LogP contribution in [0, 0.1) is 5.92 Å². The summed E-state index contributed by atoms with van der Waals surface area (Å²) in [6, 6.07) is 21.1. The Bertz CT molecular complexity index is 2600. The van der Waals surface area contributed by atoms with Crippen LogP contribution in [0.4, 0.5) is 4.79 Å². The standard InChI is InChI=1S/C48H57N7O10S/c1-9-32-28-48(32,45(59)52-66(61,62)35-19-14-11-15-20-35)51-43(57)40-26-34(64-41-27-37(31-17-12-10-13-18-31)49-38-25-33(63-8)22-23-36(38)41)29-55(40)44(58)39(50-46(60)65-47(2,3)4)30-54(7)42(56)21-16-24-53(5)6/h9-23,25,27,32,34,39-40H,1,24,26,28-30H2,2-8H3,(H,50,60)(H,51,57)(H,52,59)/b21-16+/t32-,34-,39+,40+,48-/m1/s1. The van der Waals surface area contributed by atoms with Gasteiger partial charge in [0.05, 0.1) is 36.3 Å². The van der Waals surface area contributed by atoms with Crippen LogP contribution in [0.15, 0.2) is 115 Å². The van der Waals surface area contributed by atoms with Gasteiger partial charge in [-0.1, -0.05) is 60.7 Å². The molecule has 0 unspecified atom stereocenters. The summed E-state index contributed by atoms with van der Waals surface area (Å²) < 4.78 is 46.4. The number of amides is 5. The zero-order chi connectivity index (χ0) is 48.0. The molecule has 1 saturated heterocycles. The van der Waals surface area contributed by atoms with Gasteiger partial charge in [0.2, 0.25) is 17.7 Å². The smallest absolute Gasteiger partial charge is 0.408 e. The highest BCUT2D eigenvalue weighted by Crippen LogP contribution is 2.45. The lowest BCUT2D eigenvalue weighted by atomic mass is 10.1. The van der Waals surface area contributed by atoms with Crippen LogP contribution in [-0.2, 0) is 33.9 Å². The molecule has 2 fully saturated rings. The van der Waals surface area contributed by atoms with Crippen LogP contribution < -0.4 is 24.8 Å². The number of ether oxygens (including phenoxy) is 3. The molecule has 4 aromatic rings. The average Bonchev–Trinajstić information content (AvgIpc) is 3.83. The van der Waals surface area contributed by atoms with Crippen molar-refractivity contribution in [3.8, 4) is 22.8 Å². The van der Waals surface area contributed by atoms with Gasteiger partial charge in [-0.05, 0) is 65.6 Å². The SMILES string of the molecule is C=C[C@@H]1C[C@]1(NC(=O)[C@@H]1C[C@@H](Oc2cc(-c3ccccc3)nc3cc(OC)ccc23)CN1C(=O)[C@H](CN(C)C(=O)/C=C/CN(C)C)NC(=O)OC(C)(C)C)C(=O)NS(=O)(=O)c1ccccc1. The number of fused-ring (bicyclic) bond motifs is 1. The molecule has 66 heavy (non-hydrogen) atoms. The minimum atomic E-state index is -4.34. The summed E-state index contributed by atoms with van der Waals surface area (Å²) >= 11 is 0. The minimum Gasteiger partial charge on any atom is -0.497 e. The van der Waals surface area contributed by atoms with Gasteiger partial charge in [0.25, 0.3) is 15.9 Å². The Kier molecular flexibility index (Phi) is 14.9. The molecule has 17 nitrogen and oxygen atoms in total. The first kappa shape index (κ1) is 48.7. The third-order valence-electron chi connectivity index (χ3n) is 11.1. The highest BCUT2D eigenvalue weighted by Gasteiger charge is 2.61. The van der Waals surface area contributed by atoms with E-state index in [1.807, 2.05) is 49.3 Å². The second kappa shape index (κ2) is 20.2. The van der Waals surface area contributed by atoms with Gasteiger partial charge in [-0.3, -0.25) is 19.2 Å². The molecule has 0 radical (unpaired) electrons. The number of nitrogens with zero attached hydrogens (tertiary/aromatic N) is 4. The molecule has 5 atom stereocenters. The van der Waals surface area contributed by atoms with Crippen molar-refractivity contribution in [3.63, 3.8) is 0 Å². The Morgan fingerprint density at radius 3 is 2.29 bits per heavy atom. The number of nitrogens with one attached hydrogen (secondary N) is 3. The van der Waals surface area contributed by atoms with E-state index < -0.39 is 75.0 Å². The minimum absolute atomic E-state index is 0.0325. The second-order valence-electron chi connectivity index (χ2n) is 17.6. The molecule has 2 aliphatic rings. The number of hydrogen-bond donors (Lipinski definition) is 3. The van der Waals surface area contributed by atoms with Crippen LogP contribution >= 0.6 is 0 Å². The van der Waals surface area contributed by atoms with Crippen molar-refractivity contribution in [1.82, 2.24) is 35.0 Å². The highest BCUT2D eigenvalue weighted by atomic mass is 32.2. The first-order valence-electron chi connectivity index (χ1n) is 21.4. The number of carbonyl (C=O) groups is 5. The van der Waals surface area contributed by atoms with Gasteiger partial charge in [-0.15, -0.1) is 6.58 Å². The fourth-order valence-electron chi connectivity index (χ4n) is 7.61. The predicted octanol–water partition coefficient (Wildman–Crippen LogP) is 4.29. The zero-order valence-electron chi connectivity index (χ0n) is 38.1. The lowest BCUT2D eigenvalue weighted by molar-refractivity contribution is -0.141. The number of benzene rings is 3. The van der Waals surface area contributed by atoms with Crippen LogP contribution in [0.1, 0.15) is 33.6 Å². The second-order valence-corrected chi connectivity index (χ2v) is 19.3. The number of sulfonamides is 1. The molecular weight excluding hydrogens is 867 g/mol. The van der Waals surface area contributed by atoms with Crippen LogP contribution in [-0.4, -0.2) is 135 Å². The van der Waals surface area contributed by atoms with Crippen LogP contribution in [0.3, 0.4) is 0 Å². The Balaban J connectivity index is 1.36. The number of aromatic nitrogens is 1. The summed E-state index contributed by atoms with van der Waals surface area (Å²) in [6.07, 6.45) is 2.61. The Hall–Kier alpha value is -6.79. The molecule has 1 saturated carbocycles. The molecule has 3 aromatic carbocycles. The van der Waals surface area contributed by atoms with E-state index in [1.165, 1.54) is 53.3 Å². The lowest BCUT2D eigenvalue weighted by Crippen LogP contribution is -2.59. The number of carbonyl (C=O) groups excluding carboxylic acids is 5. The van der Waals surface area contributed by atoms with E-state index >= 15 is 0 Å². The molecular formula is C48H57N7O10S. The van der Waals surface area contributed by atoms with Crippen molar-refractivity contribution in [1.29, 1.82) is 0 Å². The van der Waals surface area contributed by atoms with E-state index in [9.17, 15) is 32.4 Å². The van der Waals surface area contributed by atoms with E-state index in [0.29, 0.717) is 34.6 Å². The average molecular weight is 924 g/mol. The Morgan fingerprint density at radius 1 is 0.985 bits per heavy atom. The number of rotatable bonds is 17. The molecule has 0 spiro atoms. The molecule has 5 amide bonds. The maximum atomic E-state index is 15.0. The van der Waals surface area contributed by atoms with Gasteiger partial charge in [0, 0.05) is 55.1 Å². The fraction of sp³-hybridized carbons (Fsp3) is 0.375. The predicted molar refractivity (Wildman–Crippen MR) is 248 cm³/mol. The van der Waals surface area contributed by atoms with Crippen molar-refractivity contribution >= 4 is 50.6 Å². The van der Waals surface area contributed by atoms with Gasteiger partial charge in [-0.2, -0.15) is 0 Å². The summed E-state index contributed by atoms with van der Waals surface area (Å²) in [7, 11) is 2.36. The van der Waals surface area contributed by atoms with Gasteiger partial charge >= 0.3 is 6.09 Å². The molecule has 1 aliphatic carbocycles. The number of alkyl carbamates (subject to hydrolysis) is 1. The number of pyridine rings is 1. The molecule has 3 N–H and O–H groups in total. The molecule has 6 rings (SSSR count). The van der Waals surface area contributed by atoms with Gasteiger partial charge in [0.15, 0.2) is 0 Å². The van der Waals surface area contributed by atoms with Crippen molar-refractivity contribution in [3.05, 3.63) is 110 Å². The first-order chi connectivity index (χ1) is 31.2. The van der Waals surface area contributed by atoms with E-state index in [-0.39, 0.29) is 30.8 Å². The maximum absolute atomic E-state index is 15.0. The molecule has 1 aliphatic heterocycles. The number of likely N-dealkylation sites (tertiary alicyclic amines) is 1. The van der Waals surface area contributed by atoms with Gasteiger partial charge in [-0.25, -0.2) is 22.9 Å². The monoisotopic (exact) mass is 923 g/mol. The normalized spacial score (nSPS) is 19.8. The summed E-state index contributed by atoms with van der Waals surface area (Å²) in [6.45, 7) is 8.74. The zero-order valence-corrected chi connectivity index (χ0v) is 39.0. The third-order valence-corrected chi connectivity index (χ3v) is 12.4. The van der Waals surface area contributed by atoms with Crippen molar-refractivity contribution < 1.29 is 46.6 Å². The number of hydrogen-bond acceptors (Lipinski definition) is 12. The summed E-state index contributed by atoms with van der Waals surface area (Å²) in [4.78, 5) is 79.3. The fourth-order valence-corrected chi connectivity index (χ4v) is 8.67. The van der Waals surface area contributed by atoms with Crippen LogP contribution in [0.25, 0.3) is 22.2 Å². The van der Waals surface area contributed by atoms with Crippen LogP contribution in [0.5, 0.6) is 11.5 Å². The first-order valence-corrected chi connectivity index (χ1v) is 22.9. The highest BCUT2D eigenvalue weighted by molar-refractivity contribution is 7.90. The molecule has 1 aromatic heterocycles. The third kappa shape index (κ3) is 11.7.